The number of aryl methyl sites for hydroxylation is 1. The first kappa shape index (κ1) is 25.1. The van der Waals surface area contributed by atoms with Gasteiger partial charge in [-0.25, -0.2) is 0 Å². The molecule has 3 aromatic carbocycles. The van der Waals surface area contributed by atoms with Crippen molar-refractivity contribution in [1.82, 2.24) is 0 Å². The van der Waals surface area contributed by atoms with Crippen LogP contribution >= 0.6 is 0 Å². The summed E-state index contributed by atoms with van der Waals surface area (Å²) in [5.41, 5.74) is 23.4. The van der Waals surface area contributed by atoms with Crippen LogP contribution in [0.2, 0.25) is 0 Å². The summed E-state index contributed by atoms with van der Waals surface area (Å²) in [5, 5.41) is 0. The molecule has 0 aliphatic rings. The molecule has 0 saturated heterocycles. The van der Waals surface area contributed by atoms with Crippen LogP contribution in [0.3, 0.4) is 0 Å². The van der Waals surface area contributed by atoms with E-state index in [4.69, 9.17) is 0 Å². The quantitative estimate of drug-likeness (QED) is 0.391. The van der Waals surface area contributed by atoms with Gasteiger partial charge in [-0.15, -0.1) is 0 Å². The molecule has 176 valence electrons. The molecule has 0 spiro atoms. The van der Waals surface area contributed by atoms with Crippen LogP contribution in [0.15, 0.2) is 6.07 Å². The summed E-state index contributed by atoms with van der Waals surface area (Å²) < 4.78 is 0. The van der Waals surface area contributed by atoms with Crippen molar-refractivity contribution in [1.29, 1.82) is 0 Å². The maximum Gasteiger partial charge on any atom is 0.0525 e. The second-order valence-electron chi connectivity index (χ2n) is 10.4. The van der Waals surface area contributed by atoms with Gasteiger partial charge in [0.2, 0.25) is 0 Å². The molecule has 1 heteroatoms. The number of nitrogens with zero attached hydrogens (tertiary/aromatic N) is 1. The van der Waals surface area contributed by atoms with Crippen molar-refractivity contribution in [2.45, 2.75) is 96.9 Å². The summed E-state index contributed by atoms with van der Waals surface area (Å²) in [4.78, 5) is 2.60. The second kappa shape index (κ2) is 8.67. The van der Waals surface area contributed by atoms with Gasteiger partial charge in [0.25, 0.3) is 0 Å². The lowest BCUT2D eigenvalue weighted by atomic mass is 9.88. The minimum absolute atomic E-state index is 1.30. The Morgan fingerprint density at radius 1 is 0.333 bits per heavy atom. The fraction of sp³-hybridized carbons (Fsp3) is 0.438. The summed E-state index contributed by atoms with van der Waals surface area (Å²) >= 11 is 0. The van der Waals surface area contributed by atoms with Gasteiger partial charge in [0.05, 0.1) is 11.4 Å². The zero-order valence-corrected chi connectivity index (χ0v) is 23.5. The van der Waals surface area contributed by atoms with Gasteiger partial charge in [0, 0.05) is 5.69 Å². The van der Waals surface area contributed by atoms with Gasteiger partial charge in [-0.2, -0.15) is 0 Å². The van der Waals surface area contributed by atoms with Gasteiger partial charge in [0.1, 0.15) is 0 Å². The normalized spacial score (nSPS) is 11.3. The third kappa shape index (κ3) is 3.70. The van der Waals surface area contributed by atoms with Crippen molar-refractivity contribution >= 4 is 17.1 Å². The molecule has 0 heterocycles. The molecular weight excluding hydrogens is 398 g/mol. The molecule has 0 radical (unpaired) electrons. The predicted octanol–water partition coefficient (Wildman–Crippen LogP) is 9.47. The molecule has 0 aliphatic carbocycles. The lowest BCUT2D eigenvalue weighted by Gasteiger charge is -2.36. The Hall–Kier alpha value is -2.54. The van der Waals surface area contributed by atoms with Crippen LogP contribution in [0, 0.1) is 96.9 Å². The van der Waals surface area contributed by atoms with Crippen LogP contribution in [0.25, 0.3) is 0 Å². The maximum atomic E-state index is 2.60. The molecular formula is C32H43N. The number of benzene rings is 3. The molecule has 0 aromatic heterocycles. The van der Waals surface area contributed by atoms with Crippen molar-refractivity contribution in [3.8, 4) is 0 Å². The minimum atomic E-state index is 1.30. The van der Waals surface area contributed by atoms with E-state index in [9.17, 15) is 0 Å². The molecule has 3 rings (SSSR count). The molecule has 0 aliphatic heterocycles. The van der Waals surface area contributed by atoms with E-state index in [1.54, 1.807) is 0 Å². The molecule has 3 aromatic rings. The van der Waals surface area contributed by atoms with E-state index in [0.717, 1.165) is 0 Å². The molecule has 0 atom stereocenters. The fourth-order valence-corrected chi connectivity index (χ4v) is 5.41. The standard InChI is InChI=1S/C32H43N/c1-16-15-30(25(10)18(3)17(16)2)33(31-26(11)21(6)19(4)22(7)27(31)12)32-28(13)23(8)20(5)24(9)29(32)14/h15H,1-14H3. The largest absolute Gasteiger partial charge is 0.309 e. The van der Waals surface area contributed by atoms with Gasteiger partial charge in [-0.1, -0.05) is 0 Å². The van der Waals surface area contributed by atoms with E-state index < -0.39 is 0 Å². The first-order valence-electron chi connectivity index (χ1n) is 12.2. The molecule has 0 saturated carbocycles. The highest BCUT2D eigenvalue weighted by Crippen LogP contribution is 2.48. The van der Waals surface area contributed by atoms with Gasteiger partial charge in [0.15, 0.2) is 0 Å². The van der Waals surface area contributed by atoms with Crippen LogP contribution < -0.4 is 4.90 Å². The Bertz CT molecular complexity index is 1160. The van der Waals surface area contributed by atoms with Gasteiger partial charge >= 0.3 is 0 Å². The SMILES string of the molecule is Cc1cc(N(c2c(C)c(C)c(C)c(C)c2C)c2c(C)c(C)c(C)c(C)c2C)c(C)c(C)c1C. The zero-order chi connectivity index (χ0) is 25.1. The highest BCUT2D eigenvalue weighted by molar-refractivity contribution is 5.88. The summed E-state index contributed by atoms with van der Waals surface area (Å²) in [6.45, 7) is 31.9. The summed E-state index contributed by atoms with van der Waals surface area (Å²) in [6, 6.07) is 2.41. The summed E-state index contributed by atoms with van der Waals surface area (Å²) in [6.07, 6.45) is 0. The number of hydrogen-bond donors (Lipinski definition) is 0. The van der Waals surface area contributed by atoms with Gasteiger partial charge in [-0.05, 0) is 181 Å². The Balaban J connectivity index is 2.62. The number of anilines is 3. The predicted molar refractivity (Wildman–Crippen MR) is 147 cm³/mol. The molecule has 33 heavy (non-hydrogen) atoms. The highest BCUT2D eigenvalue weighted by atomic mass is 15.2. The lowest BCUT2D eigenvalue weighted by molar-refractivity contribution is 1.08. The third-order valence-electron chi connectivity index (χ3n) is 9.06. The minimum Gasteiger partial charge on any atom is -0.309 e. The first-order valence-corrected chi connectivity index (χ1v) is 12.2. The molecule has 1 nitrogen and oxygen atoms in total. The Kier molecular flexibility index (Phi) is 6.59. The number of rotatable bonds is 3. The van der Waals surface area contributed by atoms with E-state index in [2.05, 4.69) is 108 Å². The lowest BCUT2D eigenvalue weighted by Crippen LogP contribution is -2.20. The van der Waals surface area contributed by atoms with Gasteiger partial charge < -0.3 is 4.90 Å². The van der Waals surface area contributed by atoms with Crippen LogP contribution in [-0.2, 0) is 0 Å². The second-order valence-corrected chi connectivity index (χ2v) is 10.4. The van der Waals surface area contributed by atoms with Crippen LogP contribution in [0.4, 0.5) is 17.1 Å². The number of hydrogen-bond acceptors (Lipinski definition) is 1. The zero-order valence-electron chi connectivity index (χ0n) is 23.5. The average molecular weight is 442 g/mol. The Morgan fingerprint density at radius 3 is 0.939 bits per heavy atom. The maximum absolute atomic E-state index is 2.60. The topological polar surface area (TPSA) is 3.24 Å². The smallest absolute Gasteiger partial charge is 0.0525 e. The van der Waals surface area contributed by atoms with Crippen molar-refractivity contribution in [3.05, 3.63) is 84.0 Å². The fourth-order valence-electron chi connectivity index (χ4n) is 5.41. The van der Waals surface area contributed by atoms with Gasteiger partial charge in [-0.3, -0.25) is 0 Å². The van der Waals surface area contributed by atoms with Crippen molar-refractivity contribution in [2.75, 3.05) is 4.90 Å². The average Bonchev–Trinajstić information content (AvgIpc) is 2.79. The summed E-state index contributed by atoms with van der Waals surface area (Å²) in [5.74, 6) is 0. The molecule has 0 unspecified atom stereocenters. The van der Waals surface area contributed by atoms with E-state index in [1.807, 2.05) is 0 Å². The summed E-state index contributed by atoms with van der Waals surface area (Å²) in [7, 11) is 0. The van der Waals surface area contributed by atoms with Crippen LogP contribution in [0.1, 0.15) is 77.9 Å². The molecule has 0 fully saturated rings. The van der Waals surface area contributed by atoms with Crippen molar-refractivity contribution < 1.29 is 0 Å². The van der Waals surface area contributed by atoms with Crippen LogP contribution in [-0.4, -0.2) is 0 Å². The highest BCUT2D eigenvalue weighted by Gasteiger charge is 2.27. The van der Waals surface area contributed by atoms with E-state index in [-0.39, 0.29) is 0 Å². The van der Waals surface area contributed by atoms with Crippen molar-refractivity contribution in [2.24, 2.45) is 0 Å². The Labute approximate surface area is 202 Å². The first-order chi connectivity index (χ1) is 15.2. The van der Waals surface area contributed by atoms with Crippen LogP contribution in [0.5, 0.6) is 0 Å². The molecule has 0 bridgehead atoms. The Morgan fingerprint density at radius 2 is 0.606 bits per heavy atom. The molecule has 0 N–H and O–H groups in total. The molecule has 0 amide bonds. The van der Waals surface area contributed by atoms with E-state index in [1.165, 1.54) is 95.0 Å². The third-order valence-corrected chi connectivity index (χ3v) is 9.06. The van der Waals surface area contributed by atoms with Crippen molar-refractivity contribution in [3.63, 3.8) is 0 Å². The monoisotopic (exact) mass is 441 g/mol. The van der Waals surface area contributed by atoms with E-state index >= 15 is 0 Å². The van der Waals surface area contributed by atoms with E-state index in [0.29, 0.717) is 0 Å².